The van der Waals surface area contributed by atoms with Crippen LogP contribution in [0.3, 0.4) is 0 Å². The van der Waals surface area contributed by atoms with Gasteiger partial charge in [0.1, 0.15) is 6.04 Å². The van der Waals surface area contributed by atoms with Gasteiger partial charge in [-0.05, 0) is 30.5 Å². The summed E-state index contributed by atoms with van der Waals surface area (Å²) in [4.78, 5) is 11.1. The molecule has 1 aromatic rings. The predicted octanol–water partition coefficient (Wildman–Crippen LogP) is 2.45. The molecule has 0 spiro atoms. The van der Waals surface area contributed by atoms with Crippen molar-refractivity contribution in [3.05, 3.63) is 34.9 Å². The Morgan fingerprint density at radius 2 is 2.14 bits per heavy atom. The number of nitrogens with one attached hydrogen (secondary N) is 1. The molecular formula is C14H20ClNO4S. The number of sulfonamides is 1. The molecule has 21 heavy (non-hydrogen) atoms. The maximum atomic E-state index is 12.0. The molecule has 0 saturated carbocycles. The first-order valence-electron chi connectivity index (χ1n) is 6.81. The number of aryl methyl sites for hydroxylation is 1. The van der Waals surface area contributed by atoms with E-state index in [4.69, 9.17) is 16.7 Å². The molecule has 0 saturated heterocycles. The average Bonchev–Trinajstić information content (AvgIpc) is 2.41. The number of hydrogen-bond donors (Lipinski definition) is 2. The average molecular weight is 334 g/mol. The van der Waals surface area contributed by atoms with E-state index in [9.17, 15) is 13.2 Å². The van der Waals surface area contributed by atoms with E-state index in [0.29, 0.717) is 17.9 Å². The van der Waals surface area contributed by atoms with Gasteiger partial charge in [0.25, 0.3) is 0 Å². The summed E-state index contributed by atoms with van der Waals surface area (Å²) in [5.41, 5.74) is 0.799. The van der Waals surface area contributed by atoms with Crippen LogP contribution in [0.15, 0.2) is 24.3 Å². The van der Waals surface area contributed by atoms with E-state index in [1.807, 2.05) is 6.92 Å². The Hall–Kier alpha value is -1.11. The fourth-order valence-corrected chi connectivity index (χ4v) is 3.35. The standard InChI is InChI=1S/C14H20ClNO4S/c1-2-3-7-13(14(17)18)16-21(19,20)9-8-11-5-4-6-12(15)10-11/h4-6,10,13,16H,2-3,7-9H2,1H3,(H,17,18)/t13-/m0/s1. The van der Waals surface area contributed by atoms with Crippen LogP contribution in [0.25, 0.3) is 0 Å². The van der Waals surface area contributed by atoms with E-state index in [2.05, 4.69) is 4.72 Å². The second-order valence-electron chi connectivity index (χ2n) is 4.85. The highest BCUT2D eigenvalue weighted by molar-refractivity contribution is 7.89. The zero-order valence-corrected chi connectivity index (χ0v) is 13.5. The summed E-state index contributed by atoms with van der Waals surface area (Å²) in [5.74, 6) is -1.31. The number of unbranched alkanes of at least 4 members (excludes halogenated alkanes) is 1. The van der Waals surface area contributed by atoms with Gasteiger partial charge in [-0.1, -0.05) is 43.5 Å². The quantitative estimate of drug-likeness (QED) is 0.727. The van der Waals surface area contributed by atoms with E-state index in [1.165, 1.54) is 0 Å². The summed E-state index contributed by atoms with van der Waals surface area (Å²) in [6, 6.07) is 5.88. The van der Waals surface area contributed by atoms with Gasteiger partial charge in [-0.2, -0.15) is 0 Å². The van der Waals surface area contributed by atoms with Gasteiger partial charge < -0.3 is 5.11 Å². The van der Waals surface area contributed by atoms with Gasteiger partial charge in [0.05, 0.1) is 5.75 Å². The summed E-state index contributed by atoms with van der Waals surface area (Å²) in [6.07, 6.45) is 2.06. The number of carboxylic acid groups (broad SMARTS) is 1. The van der Waals surface area contributed by atoms with Crippen LogP contribution in [0.1, 0.15) is 31.7 Å². The molecule has 5 nitrogen and oxygen atoms in total. The van der Waals surface area contributed by atoms with Crippen LogP contribution >= 0.6 is 11.6 Å². The molecule has 0 fully saturated rings. The van der Waals surface area contributed by atoms with Gasteiger partial charge in [-0.25, -0.2) is 13.1 Å². The third kappa shape index (κ3) is 6.93. The molecule has 1 atom stereocenters. The van der Waals surface area contributed by atoms with Crippen LogP contribution in [0.2, 0.25) is 5.02 Å². The Labute approximate surface area is 130 Å². The minimum absolute atomic E-state index is 0.163. The monoisotopic (exact) mass is 333 g/mol. The zero-order chi connectivity index (χ0) is 15.9. The van der Waals surface area contributed by atoms with Crippen molar-refractivity contribution in [1.82, 2.24) is 4.72 Å². The molecule has 1 rings (SSSR count). The normalized spacial score (nSPS) is 13.0. The summed E-state index contributed by atoms with van der Waals surface area (Å²) in [7, 11) is -3.64. The first kappa shape index (κ1) is 17.9. The van der Waals surface area contributed by atoms with Gasteiger partial charge in [-0.3, -0.25) is 4.79 Å². The van der Waals surface area contributed by atoms with Gasteiger partial charge in [-0.15, -0.1) is 0 Å². The molecule has 0 aliphatic carbocycles. The van der Waals surface area contributed by atoms with Crippen molar-refractivity contribution in [2.24, 2.45) is 0 Å². The number of carboxylic acids is 1. The van der Waals surface area contributed by atoms with Crippen LogP contribution in [0, 0.1) is 0 Å². The molecule has 0 amide bonds. The van der Waals surface area contributed by atoms with Gasteiger partial charge in [0.2, 0.25) is 10.0 Å². The van der Waals surface area contributed by atoms with Crippen LogP contribution in [0.4, 0.5) is 0 Å². The highest BCUT2D eigenvalue weighted by Gasteiger charge is 2.23. The third-order valence-electron chi connectivity index (χ3n) is 3.01. The molecule has 0 radical (unpaired) electrons. The first-order valence-corrected chi connectivity index (χ1v) is 8.84. The number of rotatable bonds is 9. The minimum Gasteiger partial charge on any atom is -0.480 e. The Balaban J connectivity index is 2.61. The molecular weight excluding hydrogens is 314 g/mol. The molecule has 2 N–H and O–H groups in total. The summed E-state index contributed by atoms with van der Waals surface area (Å²) in [6.45, 7) is 1.92. The van der Waals surface area contributed by atoms with Crippen LogP contribution < -0.4 is 4.72 Å². The van der Waals surface area contributed by atoms with Crippen molar-refractivity contribution in [1.29, 1.82) is 0 Å². The van der Waals surface area contributed by atoms with Gasteiger partial charge in [0, 0.05) is 5.02 Å². The molecule has 0 bridgehead atoms. The maximum absolute atomic E-state index is 12.0. The van der Waals surface area contributed by atoms with E-state index in [-0.39, 0.29) is 12.2 Å². The summed E-state index contributed by atoms with van der Waals surface area (Å²) >= 11 is 5.84. The molecule has 0 unspecified atom stereocenters. The van der Waals surface area contributed by atoms with Crippen LogP contribution in [-0.2, 0) is 21.2 Å². The molecule has 1 aromatic carbocycles. The Kier molecular flexibility index (Phi) is 7.14. The Morgan fingerprint density at radius 3 is 2.71 bits per heavy atom. The second kappa shape index (κ2) is 8.36. The smallest absolute Gasteiger partial charge is 0.321 e. The molecule has 0 aliphatic rings. The number of benzene rings is 1. The molecule has 118 valence electrons. The number of aliphatic carboxylic acids is 1. The lowest BCUT2D eigenvalue weighted by molar-refractivity contribution is -0.139. The Bertz CT molecular complexity index is 574. The van der Waals surface area contributed by atoms with Crippen molar-refractivity contribution < 1.29 is 18.3 Å². The van der Waals surface area contributed by atoms with Crippen molar-refractivity contribution in [2.75, 3.05) is 5.75 Å². The van der Waals surface area contributed by atoms with Crippen molar-refractivity contribution in [3.63, 3.8) is 0 Å². The second-order valence-corrected chi connectivity index (χ2v) is 7.16. The van der Waals surface area contributed by atoms with Gasteiger partial charge >= 0.3 is 5.97 Å². The maximum Gasteiger partial charge on any atom is 0.321 e. The van der Waals surface area contributed by atoms with Crippen molar-refractivity contribution in [2.45, 2.75) is 38.6 Å². The zero-order valence-electron chi connectivity index (χ0n) is 11.9. The Morgan fingerprint density at radius 1 is 1.43 bits per heavy atom. The first-order chi connectivity index (χ1) is 9.84. The van der Waals surface area contributed by atoms with E-state index < -0.39 is 22.0 Å². The van der Waals surface area contributed by atoms with Crippen molar-refractivity contribution >= 4 is 27.6 Å². The highest BCUT2D eigenvalue weighted by atomic mass is 35.5. The lowest BCUT2D eigenvalue weighted by Gasteiger charge is -2.14. The lowest BCUT2D eigenvalue weighted by Crippen LogP contribution is -2.42. The lowest BCUT2D eigenvalue weighted by atomic mass is 10.1. The van der Waals surface area contributed by atoms with Crippen LogP contribution in [0.5, 0.6) is 0 Å². The van der Waals surface area contributed by atoms with E-state index in [1.54, 1.807) is 24.3 Å². The molecule has 7 heteroatoms. The van der Waals surface area contributed by atoms with Crippen LogP contribution in [-0.4, -0.2) is 31.3 Å². The fraction of sp³-hybridized carbons (Fsp3) is 0.500. The largest absolute Gasteiger partial charge is 0.480 e. The summed E-state index contributed by atoms with van der Waals surface area (Å²) < 4.78 is 26.2. The van der Waals surface area contributed by atoms with E-state index >= 15 is 0 Å². The topological polar surface area (TPSA) is 83.5 Å². The SMILES string of the molecule is CCCC[C@H](NS(=O)(=O)CCc1cccc(Cl)c1)C(=O)O. The predicted molar refractivity (Wildman–Crippen MR) is 83.0 cm³/mol. The van der Waals surface area contributed by atoms with Gasteiger partial charge in [0.15, 0.2) is 0 Å². The third-order valence-corrected chi connectivity index (χ3v) is 4.64. The molecule has 0 aromatic heterocycles. The number of halogens is 1. The molecule has 0 aliphatic heterocycles. The fourth-order valence-electron chi connectivity index (χ4n) is 1.86. The number of carbonyl (C=O) groups is 1. The highest BCUT2D eigenvalue weighted by Crippen LogP contribution is 2.12. The van der Waals surface area contributed by atoms with Crippen molar-refractivity contribution in [3.8, 4) is 0 Å². The molecule has 0 heterocycles. The number of hydrogen-bond acceptors (Lipinski definition) is 3. The van der Waals surface area contributed by atoms with E-state index in [0.717, 1.165) is 12.0 Å². The minimum atomic E-state index is -3.64. The summed E-state index contributed by atoms with van der Waals surface area (Å²) in [5, 5.41) is 9.59.